The summed E-state index contributed by atoms with van der Waals surface area (Å²) in [6.07, 6.45) is 4.86. The number of aromatic nitrogens is 1. The summed E-state index contributed by atoms with van der Waals surface area (Å²) >= 11 is 0. The highest BCUT2D eigenvalue weighted by Gasteiger charge is 2.19. The van der Waals surface area contributed by atoms with Crippen LogP contribution < -0.4 is 5.32 Å². The van der Waals surface area contributed by atoms with Crippen LogP contribution in [-0.4, -0.2) is 47.8 Å². The predicted octanol–water partition coefficient (Wildman–Crippen LogP) is 2.93. The van der Waals surface area contributed by atoms with E-state index in [1.165, 1.54) is 16.5 Å². The minimum absolute atomic E-state index is 0.0348. The molecule has 1 saturated heterocycles. The zero-order valence-corrected chi connectivity index (χ0v) is 14.6. The Labute approximate surface area is 143 Å². The zero-order valence-electron chi connectivity index (χ0n) is 14.6. The van der Waals surface area contributed by atoms with Crippen molar-refractivity contribution in [2.45, 2.75) is 32.2 Å². The molecule has 1 aliphatic rings. The highest BCUT2D eigenvalue weighted by Crippen LogP contribution is 2.22. The largest absolute Gasteiger partial charge is 0.380 e. The van der Waals surface area contributed by atoms with Crippen LogP contribution in [0, 0.1) is 0 Å². The quantitative estimate of drug-likeness (QED) is 0.937. The SMILES string of the molecule is CCC(Cc1cn(C)c2ccccc12)NC(=O)N1CCCOCC1. The van der Waals surface area contributed by atoms with E-state index in [1.807, 2.05) is 4.90 Å². The first-order chi connectivity index (χ1) is 11.7. The van der Waals surface area contributed by atoms with Crippen molar-refractivity contribution in [2.24, 2.45) is 7.05 Å². The first-order valence-electron chi connectivity index (χ1n) is 8.85. The molecule has 5 heteroatoms. The fraction of sp³-hybridized carbons (Fsp3) is 0.526. The van der Waals surface area contributed by atoms with E-state index in [2.05, 4.69) is 54.3 Å². The number of nitrogens with one attached hydrogen (secondary N) is 1. The maximum atomic E-state index is 12.5. The van der Waals surface area contributed by atoms with E-state index in [4.69, 9.17) is 4.74 Å². The number of amides is 2. The Bertz CT molecular complexity index is 687. The maximum Gasteiger partial charge on any atom is 0.317 e. The molecule has 5 nitrogen and oxygen atoms in total. The number of hydrogen-bond donors (Lipinski definition) is 1. The molecule has 1 aromatic carbocycles. The summed E-state index contributed by atoms with van der Waals surface area (Å²) in [5.74, 6) is 0. The van der Waals surface area contributed by atoms with Crippen LogP contribution in [0.2, 0.25) is 0 Å². The lowest BCUT2D eigenvalue weighted by molar-refractivity contribution is 0.141. The number of aryl methyl sites for hydroxylation is 1. The van der Waals surface area contributed by atoms with Crippen molar-refractivity contribution in [3.05, 3.63) is 36.0 Å². The van der Waals surface area contributed by atoms with Crippen LogP contribution in [0.4, 0.5) is 4.79 Å². The summed E-state index contributed by atoms with van der Waals surface area (Å²) in [7, 11) is 2.07. The highest BCUT2D eigenvalue weighted by molar-refractivity contribution is 5.84. The number of carbonyl (C=O) groups is 1. The fourth-order valence-corrected chi connectivity index (χ4v) is 3.37. The van der Waals surface area contributed by atoms with E-state index in [0.717, 1.165) is 32.4 Å². The molecule has 1 fully saturated rings. The Kier molecular flexibility index (Phi) is 5.41. The molecule has 1 unspecified atom stereocenters. The third-order valence-corrected chi connectivity index (χ3v) is 4.78. The van der Waals surface area contributed by atoms with Crippen molar-refractivity contribution >= 4 is 16.9 Å². The molecule has 0 saturated carbocycles. The molecule has 1 N–H and O–H groups in total. The van der Waals surface area contributed by atoms with Crippen molar-refractivity contribution in [1.82, 2.24) is 14.8 Å². The van der Waals surface area contributed by atoms with Gasteiger partial charge in [-0.2, -0.15) is 0 Å². The molecule has 1 aliphatic heterocycles. The number of nitrogens with zero attached hydrogens (tertiary/aromatic N) is 2. The van der Waals surface area contributed by atoms with Crippen molar-refractivity contribution in [3.63, 3.8) is 0 Å². The molecule has 24 heavy (non-hydrogen) atoms. The van der Waals surface area contributed by atoms with Crippen LogP contribution in [0.25, 0.3) is 10.9 Å². The fourth-order valence-electron chi connectivity index (χ4n) is 3.37. The molecular formula is C19H27N3O2. The third-order valence-electron chi connectivity index (χ3n) is 4.78. The molecule has 130 valence electrons. The summed E-state index contributed by atoms with van der Waals surface area (Å²) in [6.45, 7) is 4.96. The van der Waals surface area contributed by atoms with Crippen LogP contribution in [0.15, 0.2) is 30.5 Å². The lowest BCUT2D eigenvalue weighted by atomic mass is 10.0. The highest BCUT2D eigenvalue weighted by atomic mass is 16.5. The van der Waals surface area contributed by atoms with Gasteiger partial charge in [-0.1, -0.05) is 25.1 Å². The summed E-state index contributed by atoms with van der Waals surface area (Å²) in [5.41, 5.74) is 2.53. The Morgan fingerprint density at radius 3 is 2.96 bits per heavy atom. The van der Waals surface area contributed by atoms with E-state index < -0.39 is 0 Å². The average Bonchev–Trinajstić information content (AvgIpc) is 2.79. The van der Waals surface area contributed by atoms with Crippen molar-refractivity contribution in [1.29, 1.82) is 0 Å². The van der Waals surface area contributed by atoms with Gasteiger partial charge in [0, 0.05) is 49.9 Å². The smallest absolute Gasteiger partial charge is 0.317 e. The average molecular weight is 329 g/mol. The zero-order chi connectivity index (χ0) is 16.9. The minimum atomic E-state index is 0.0348. The van der Waals surface area contributed by atoms with Crippen LogP contribution in [0.3, 0.4) is 0 Å². The standard InChI is InChI=1S/C19H27N3O2/c1-3-16(20-19(23)22-9-6-11-24-12-10-22)13-15-14-21(2)18-8-5-4-7-17(15)18/h4-5,7-8,14,16H,3,6,9-13H2,1-2H3,(H,20,23). The van der Waals surface area contributed by atoms with Gasteiger partial charge in [0.25, 0.3) is 0 Å². The van der Waals surface area contributed by atoms with E-state index >= 15 is 0 Å². The summed E-state index contributed by atoms with van der Waals surface area (Å²) in [5, 5.41) is 4.48. The van der Waals surface area contributed by atoms with E-state index in [1.54, 1.807) is 0 Å². The first kappa shape index (κ1) is 16.8. The molecule has 2 heterocycles. The van der Waals surface area contributed by atoms with Gasteiger partial charge in [-0.15, -0.1) is 0 Å². The Hall–Kier alpha value is -2.01. The second kappa shape index (κ2) is 7.71. The topological polar surface area (TPSA) is 46.5 Å². The molecule has 3 rings (SSSR count). The summed E-state index contributed by atoms with van der Waals surface area (Å²) in [6, 6.07) is 8.61. The number of rotatable bonds is 4. The number of urea groups is 1. The molecule has 0 spiro atoms. The summed E-state index contributed by atoms with van der Waals surface area (Å²) < 4.78 is 7.59. The summed E-state index contributed by atoms with van der Waals surface area (Å²) in [4.78, 5) is 14.4. The molecule has 2 amide bonds. The van der Waals surface area contributed by atoms with Crippen molar-refractivity contribution < 1.29 is 9.53 Å². The number of para-hydroxylation sites is 1. The third kappa shape index (κ3) is 3.73. The molecule has 0 aliphatic carbocycles. The number of hydrogen-bond acceptors (Lipinski definition) is 2. The molecule has 1 atom stereocenters. The van der Waals surface area contributed by atoms with Gasteiger partial charge in [0.15, 0.2) is 0 Å². The number of fused-ring (bicyclic) bond motifs is 1. The van der Waals surface area contributed by atoms with Crippen LogP contribution in [0.5, 0.6) is 0 Å². The molecule has 1 aromatic heterocycles. The van der Waals surface area contributed by atoms with E-state index in [9.17, 15) is 4.79 Å². The van der Waals surface area contributed by atoms with E-state index in [0.29, 0.717) is 13.2 Å². The second-order valence-corrected chi connectivity index (χ2v) is 6.49. The maximum absolute atomic E-state index is 12.5. The van der Waals surface area contributed by atoms with Crippen LogP contribution >= 0.6 is 0 Å². The minimum Gasteiger partial charge on any atom is -0.380 e. The monoisotopic (exact) mass is 329 g/mol. The molecule has 2 aromatic rings. The van der Waals surface area contributed by atoms with Crippen LogP contribution in [0.1, 0.15) is 25.3 Å². The van der Waals surface area contributed by atoms with Crippen molar-refractivity contribution in [3.8, 4) is 0 Å². The van der Waals surface area contributed by atoms with Gasteiger partial charge in [-0.3, -0.25) is 0 Å². The number of benzene rings is 1. The molecule has 0 radical (unpaired) electrons. The van der Waals surface area contributed by atoms with E-state index in [-0.39, 0.29) is 12.1 Å². The van der Waals surface area contributed by atoms with Gasteiger partial charge in [-0.05, 0) is 30.9 Å². The van der Waals surface area contributed by atoms with Crippen molar-refractivity contribution in [2.75, 3.05) is 26.3 Å². The Balaban J connectivity index is 1.68. The number of ether oxygens (including phenoxy) is 1. The Morgan fingerprint density at radius 2 is 2.12 bits per heavy atom. The van der Waals surface area contributed by atoms with Gasteiger partial charge in [0.2, 0.25) is 0 Å². The second-order valence-electron chi connectivity index (χ2n) is 6.49. The normalized spacial score (nSPS) is 16.8. The lowest BCUT2D eigenvalue weighted by Gasteiger charge is -2.24. The first-order valence-corrected chi connectivity index (χ1v) is 8.85. The molecular weight excluding hydrogens is 302 g/mol. The van der Waals surface area contributed by atoms with Gasteiger partial charge < -0.3 is 19.5 Å². The van der Waals surface area contributed by atoms with Gasteiger partial charge in [-0.25, -0.2) is 4.79 Å². The van der Waals surface area contributed by atoms with Gasteiger partial charge >= 0.3 is 6.03 Å². The predicted molar refractivity (Wildman–Crippen MR) is 96.2 cm³/mol. The Morgan fingerprint density at radius 1 is 1.29 bits per heavy atom. The number of carbonyl (C=O) groups excluding carboxylic acids is 1. The lowest BCUT2D eigenvalue weighted by Crippen LogP contribution is -2.46. The van der Waals surface area contributed by atoms with Crippen LogP contribution in [-0.2, 0) is 18.2 Å². The van der Waals surface area contributed by atoms with Gasteiger partial charge in [0.05, 0.1) is 6.61 Å². The molecule has 0 bridgehead atoms. The van der Waals surface area contributed by atoms with Gasteiger partial charge in [0.1, 0.15) is 0 Å².